The highest BCUT2D eigenvalue weighted by molar-refractivity contribution is 5.88. The van der Waals surface area contributed by atoms with E-state index >= 15 is 0 Å². The predicted molar refractivity (Wildman–Crippen MR) is 73.0 cm³/mol. The van der Waals surface area contributed by atoms with Gasteiger partial charge in [-0.15, -0.1) is 0 Å². The molecule has 2 aliphatic carbocycles. The van der Waals surface area contributed by atoms with Crippen LogP contribution in [0.4, 0.5) is 0 Å². The van der Waals surface area contributed by atoms with E-state index in [1.165, 1.54) is 5.56 Å². The van der Waals surface area contributed by atoms with Gasteiger partial charge in [0.15, 0.2) is 0 Å². The Hall–Kier alpha value is -1.84. The van der Waals surface area contributed by atoms with Gasteiger partial charge < -0.3 is 10.2 Å². The topological polar surface area (TPSA) is 74.6 Å². The lowest BCUT2D eigenvalue weighted by Gasteiger charge is -2.37. The van der Waals surface area contributed by atoms with Crippen LogP contribution in [0.1, 0.15) is 53.6 Å². The minimum atomic E-state index is -0.894. The molecular formula is C16H18O4. The van der Waals surface area contributed by atoms with Crippen LogP contribution >= 0.6 is 0 Å². The monoisotopic (exact) mass is 274 g/mol. The molecule has 0 aliphatic heterocycles. The van der Waals surface area contributed by atoms with E-state index in [-0.39, 0.29) is 11.3 Å². The maximum absolute atomic E-state index is 11.1. The molecule has 0 saturated heterocycles. The molecule has 2 N–H and O–H groups in total. The van der Waals surface area contributed by atoms with Gasteiger partial charge >= 0.3 is 11.9 Å². The summed E-state index contributed by atoms with van der Waals surface area (Å²) in [5, 5.41) is 18.2. The first-order valence-corrected chi connectivity index (χ1v) is 7.11. The average molecular weight is 274 g/mol. The number of aromatic carboxylic acids is 1. The second-order valence-corrected chi connectivity index (χ2v) is 6.07. The molecule has 1 fully saturated rings. The van der Waals surface area contributed by atoms with Crippen LogP contribution in [0, 0.1) is 5.92 Å². The van der Waals surface area contributed by atoms with Crippen LogP contribution in [0.2, 0.25) is 0 Å². The Bertz CT molecular complexity index is 568. The molecule has 2 aliphatic rings. The zero-order valence-electron chi connectivity index (χ0n) is 11.3. The first-order chi connectivity index (χ1) is 9.52. The Balaban J connectivity index is 1.90. The van der Waals surface area contributed by atoms with E-state index in [0.717, 1.165) is 31.2 Å². The third-order valence-electron chi connectivity index (χ3n) is 5.09. The van der Waals surface area contributed by atoms with Gasteiger partial charge in [-0.3, -0.25) is 4.79 Å². The van der Waals surface area contributed by atoms with Crippen molar-refractivity contribution in [2.75, 3.05) is 0 Å². The molecule has 0 heterocycles. The van der Waals surface area contributed by atoms with E-state index in [2.05, 4.69) is 0 Å². The Kier molecular flexibility index (Phi) is 3.04. The van der Waals surface area contributed by atoms with Crippen LogP contribution in [0.5, 0.6) is 0 Å². The smallest absolute Gasteiger partial charge is 0.335 e. The second kappa shape index (κ2) is 4.62. The van der Waals surface area contributed by atoms with E-state index in [4.69, 9.17) is 10.2 Å². The Labute approximate surface area is 117 Å². The number of fused-ring (bicyclic) bond motifs is 2. The van der Waals surface area contributed by atoms with Gasteiger partial charge in [-0.05, 0) is 67.2 Å². The molecule has 0 aromatic heterocycles. The van der Waals surface area contributed by atoms with Crippen LogP contribution in [-0.2, 0) is 16.6 Å². The fraction of sp³-hybridized carbons (Fsp3) is 0.500. The number of hydrogen-bond donors (Lipinski definition) is 2. The van der Waals surface area contributed by atoms with Crippen LogP contribution in [0.3, 0.4) is 0 Å². The van der Waals surface area contributed by atoms with Crippen molar-refractivity contribution < 1.29 is 19.8 Å². The quantitative estimate of drug-likeness (QED) is 0.869. The zero-order chi connectivity index (χ0) is 14.3. The average Bonchev–Trinajstić information content (AvgIpc) is 2.78. The number of carboxylic acids is 2. The lowest BCUT2D eigenvalue weighted by Crippen LogP contribution is -2.32. The number of carbonyl (C=O) groups is 2. The minimum Gasteiger partial charge on any atom is -0.481 e. The largest absolute Gasteiger partial charge is 0.481 e. The molecule has 20 heavy (non-hydrogen) atoms. The summed E-state index contributed by atoms with van der Waals surface area (Å²) in [4.78, 5) is 22.2. The van der Waals surface area contributed by atoms with Gasteiger partial charge in [-0.25, -0.2) is 4.79 Å². The number of rotatable bonds is 2. The minimum absolute atomic E-state index is 0.0206. The van der Waals surface area contributed by atoms with Crippen molar-refractivity contribution in [2.45, 2.75) is 43.9 Å². The highest BCUT2D eigenvalue weighted by atomic mass is 16.4. The summed E-state index contributed by atoms with van der Waals surface area (Å²) in [6, 6.07) is 5.41. The molecule has 1 aromatic carbocycles. The summed E-state index contributed by atoms with van der Waals surface area (Å²) in [6.45, 7) is 0. The van der Waals surface area contributed by atoms with Crippen LogP contribution < -0.4 is 0 Å². The maximum atomic E-state index is 11.1. The molecule has 1 spiro atoms. The number of aliphatic carboxylic acids is 1. The van der Waals surface area contributed by atoms with Gasteiger partial charge in [0.2, 0.25) is 0 Å². The van der Waals surface area contributed by atoms with Gasteiger partial charge in [0.1, 0.15) is 0 Å². The van der Waals surface area contributed by atoms with Gasteiger partial charge in [0.25, 0.3) is 0 Å². The van der Waals surface area contributed by atoms with E-state index in [1.807, 2.05) is 12.1 Å². The molecule has 0 unspecified atom stereocenters. The SMILES string of the molecule is O=C(O)c1ccc2c(c1)C1(CC2)CCC(C(=O)O)CC1. The summed E-state index contributed by atoms with van der Waals surface area (Å²) in [7, 11) is 0. The van der Waals surface area contributed by atoms with Crippen molar-refractivity contribution in [3.63, 3.8) is 0 Å². The maximum Gasteiger partial charge on any atom is 0.335 e. The molecule has 4 heteroatoms. The van der Waals surface area contributed by atoms with E-state index < -0.39 is 11.9 Å². The molecule has 1 aromatic rings. The standard InChI is InChI=1S/C16H18O4/c17-14(18)11-4-7-16(8-5-11)6-3-10-1-2-12(15(19)20)9-13(10)16/h1-2,9,11H,3-8H2,(H,17,18)(H,19,20). The van der Waals surface area contributed by atoms with Gasteiger partial charge in [-0.2, -0.15) is 0 Å². The van der Waals surface area contributed by atoms with E-state index in [0.29, 0.717) is 18.4 Å². The number of benzene rings is 1. The summed E-state index contributed by atoms with van der Waals surface area (Å²) < 4.78 is 0. The van der Waals surface area contributed by atoms with Crippen molar-refractivity contribution >= 4 is 11.9 Å². The molecule has 0 atom stereocenters. The predicted octanol–water partition coefficient (Wildman–Crippen LogP) is 2.84. The summed E-state index contributed by atoms with van der Waals surface area (Å²) in [6.07, 6.45) is 5.13. The lowest BCUT2D eigenvalue weighted by molar-refractivity contribution is -0.143. The Morgan fingerprint density at radius 1 is 1.10 bits per heavy atom. The zero-order valence-corrected chi connectivity index (χ0v) is 11.3. The Morgan fingerprint density at radius 3 is 2.40 bits per heavy atom. The van der Waals surface area contributed by atoms with Crippen LogP contribution in [-0.4, -0.2) is 22.2 Å². The van der Waals surface area contributed by atoms with E-state index in [1.54, 1.807) is 6.07 Å². The molecule has 0 amide bonds. The van der Waals surface area contributed by atoms with Crippen LogP contribution in [0.15, 0.2) is 18.2 Å². The summed E-state index contributed by atoms with van der Waals surface area (Å²) in [5.41, 5.74) is 2.75. The normalized spacial score (nSPS) is 28.3. The van der Waals surface area contributed by atoms with Crippen LogP contribution in [0.25, 0.3) is 0 Å². The lowest BCUT2D eigenvalue weighted by atomic mass is 9.67. The number of carboxylic acid groups (broad SMARTS) is 2. The van der Waals surface area contributed by atoms with E-state index in [9.17, 15) is 9.59 Å². The Morgan fingerprint density at radius 2 is 1.80 bits per heavy atom. The second-order valence-electron chi connectivity index (χ2n) is 6.07. The molecule has 1 saturated carbocycles. The third-order valence-corrected chi connectivity index (χ3v) is 5.09. The fourth-order valence-electron chi connectivity index (χ4n) is 3.87. The third kappa shape index (κ3) is 1.99. The van der Waals surface area contributed by atoms with Crippen molar-refractivity contribution in [1.29, 1.82) is 0 Å². The molecule has 0 bridgehead atoms. The van der Waals surface area contributed by atoms with Gasteiger partial charge in [0, 0.05) is 0 Å². The molecule has 106 valence electrons. The summed E-state index contributed by atoms with van der Waals surface area (Å²) >= 11 is 0. The first kappa shape index (κ1) is 13.2. The molecular weight excluding hydrogens is 256 g/mol. The van der Waals surface area contributed by atoms with Gasteiger partial charge in [-0.1, -0.05) is 6.07 Å². The summed E-state index contributed by atoms with van der Waals surface area (Å²) in [5.74, 6) is -1.82. The molecule has 4 nitrogen and oxygen atoms in total. The molecule has 0 radical (unpaired) electrons. The van der Waals surface area contributed by atoms with Crippen molar-refractivity contribution in [3.8, 4) is 0 Å². The van der Waals surface area contributed by atoms with Gasteiger partial charge in [0.05, 0.1) is 11.5 Å². The number of aryl methyl sites for hydroxylation is 1. The first-order valence-electron chi connectivity index (χ1n) is 7.11. The number of hydrogen-bond acceptors (Lipinski definition) is 2. The van der Waals surface area contributed by atoms with Crippen molar-refractivity contribution in [2.24, 2.45) is 5.92 Å². The molecule has 3 rings (SSSR count). The highest BCUT2D eigenvalue weighted by Gasteiger charge is 2.43. The highest BCUT2D eigenvalue weighted by Crippen LogP contribution is 2.50. The van der Waals surface area contributed by atoms with Crippen molar-refractivity contribution in [1.82, 2.24) is 0 Å². The van der Waals surface area contributed by atoms with Crippen molar-refractivity contribution in [3.05, 3.63) is 34.9 Å². The fourth-order valence-corrected chi connectivity index (χ4v) is 3.87.